The molecule has 4 nitrogen and oxygen atoms in total. The summed E-state index contributed by atoms with van der Waals surface area (Å²) in [5, 5.41) is 0. The van der Waals surface area contributed by atoms with E-state index in [0.717, 1.165) is 12.3 Å². The fraction of sp³-hybridized carbons (Fsp3) is 0.917. The zero-order valence-corrected chi connectivity index (χ0v) is 10.2. The SMILES string of the molecule is CCC1CCCCC1OCCCC(=O)NN. The molecule has 0 aromatic carbocycles. The van der Waals surface area contributed by atoms with E-state index in [9.17, 15) is 4.79 Å². The van der Waals surface area contributed by atoms with Gasteiger partial charge in [0.15, 0.2) is 0 Å². The van der Waals surface area contributed by atoms with Crippen LogP contribution in [-0.2, 0) is 9.53 Å². The van der Waals surface area contributed by atoms with Crippen molar-refractivity contribution in [2.45, 2.75) is 58.0 Å². The van der Waals surface area contributed by atoms with Crippen molar-refractivity contribution in [2.75, 3.05) is 6.61 Å². The van der Waals surface area contributed by atoms with Gasteiger partial charge in [-0.3, -0.25) is 10.2 Å². The molecular formula is C12H24N2O2. The number of rotatable bonds is 6. The molecule has 0 aromatic rings. The monoisotopic (exact) mass is 228 g/mol. The largest absolute Gasteiger partial charge is 0.378 e. The first-order chi connectivity index (χ1) is 7.77. The third-order valence-corrected chi connectivity index (χ3v) is 3.40. The number of hydrazine groups is 1. The summed E-state index contributed by atoms with van der Waals surface area (Å²) in [5.74, 6) is 5.61. The first-order valence-corrected chi connectivity index (χ1v) is 6.39. The summed E-state index contributed by atoms with van der Waals surface area (Å²) in [6.07, 6.45) is 7.94. The molecule has 1 aliphatic rings. The van der Waals surface area contributed by atoms with E-state index in [4.69, 9.17) is 10.6 Å². The summed E-state index contributed by atoms with van der Waals surface area (Å²) in [5.41, 5.74) is 2.13. The molecule has 1 aliphatic carbocycles. The lowest BCUT2D eigenvalue weighted by molar-refractivity contribution is -0.121. The molecule has 0 heterocycles. The van der Waals surface area contributed by atoms with Gasteiger partial charge in [-0.2, -0.15) is 0 Å². The molecule has 16 heavy (non-hydrogen) atoms. The summed E-state index contributed by atoms with van der Waals surface area (Å²) in [6.45, 7) is 2.91. The van der Waals surface area contributed by atoms with Gasteiger partial charge in [0.1, 0.15) is 0 Å². The second-order valence-corrected chi connectivity index (χ2v) is 4.53. The predicted octanol–water partition coefficient (Wildman–Crippen LogP) is 1.74. The highest BCUT2D eigenvalue weighted by atomic mass is 16.5. The first-order valence-electron chi connectivity index (χ1n) is 6.39. The van der Waals surface area contributed by atoms with Crippen LogP contribution in [-0.4, -0.2) is 18.6 Å². The van der Waals surface area contributed by atoms with Gasteiger partial charge >= 0.3 is 0 Å². The van der Waals surface area contributed by atoms with E-state index >= 15 is 0 Å². The van der Waals surface area contributed by atoms with Crippen LogP contribution in [0.2, 0.25) is 0 Å². The Bertz CT molecular complexity index is 209. The lowest BCUT2D eigenvalue weighted by atomic mass is 9.85. The number of carbonyl (C=O) groups is 1. The molecule has 0 bridgehead atoms. The first kappa shape index (κ1) is 13.5. The van der Waals surface area contributed by atoms with E-state index in [2.05, 4.69) is 12.3 Å². The number of hydrogen-bond donors (Lipinski definition) is 2. The minimum absolute atomic E-state index is 0.112. The molecule has 2 unspecified atom stereocenters. The zero-order valence-electron chi connectivity index (χ0n) is 10.2. The Kier molecular flexibility index (Phi) is 6.42. The topological polar surface area (TPSA) is 64.3 Å². The van der Waals surface area contributed by atoms with Crippen LogP contribution in [0.3, 0.4) is 0 Å². The van der Waals surface area contributed by atoms with Crippen LogP contribution in [0.25, 0.3) is 0 Å². The third kappa shape index (κ3) is 4.49. The van der Waals surface area contributed by atoms with Crippen molar-refractivity contribution >= 4 is 5.91 Å². The molecule has 0 saturated heterocycles. The van der Waals surface area contributed by atoms with E-state index < -0.39 is 0 Å². The minimum Gasteiger partial charge on any atom is -0.378 e. The Morgan fingerprint density at radius 3 is 2.88 bits per heavy atom. The van der Waals surface area contributed by atoms with E-state index in [1.807, 2.05) is 0 Å². The fourth-order valence-electron chi connectivity index (χ4n) is 2.40. The van der Waals surface area contributed by atoms with Gasteiger partial charge in [-0.25, -0.2) is 5.84 Å². The summed E-state index contributed by atoms with van der Waals surface area (Å²) in [7, 11) is 0. The number of nitrogens with two attached hydrogens (primary N) is 1. The van der Waals surface area contributed by atoms with Gasteiger partial charge in [0, 0.05) is 13.0 Å². The van der Waals surface area contributed by atoms with Gasteiger partial charge in [-0.1, -0.05) is 26.2 Å². The molecule has 0 aromatic heterocycles. The predicted molar refractivity (Wildman–Crippen MR) is 63.6 cm³/mol. The number of carbonyl (C=O) groups excluding carboxylic acids is 1. The zero-order chi connectivity index (χ0) is 11.8. The molecule has 2 atom stereocenters. The number of hydrogen-bond acceptors (Lipinski definition) is 3. The standard InChI is InChI=1S/C12H24N2O2/c1-2-10-6-3-4-7-11(10)16-9-5-8-12(15)14-13/h10-11H,2-9,13H2,1H3,(H,14,15). The van der Waals surface area contributed by atoms with Crippen molar-refractivity contribution in [3.8, 4) is 0 Å². The van der Waals surface area contributed by atoms with Gasteiger partial charge < -0.3 is 4.74 Å². The Labute approximate surface area is 97.9 Å². The van der Waals surface area contributed by atoms with Crippen molar-refractivity contribution in [2.24, 2.45) is 11.8 Å². The van der Waals surface area contributed by atoms with Crippen LogP contribution in [0.15, 0.2) is 0 Å². The van der Waals surface area contributed by atoms with Gasteiger partial charge in [0.05, 0.1) is 6.10 Å². The highest BCUT2D eigenvalue weighted by Crippen LogP contribution is 2.29. The van der Waals surface area contributed by atoms with Crippen LogP contribution < -0.4 is 11.3 Å². The average molecular weight is 228 g/mol. The van der Waals surface area contributed by atoms with Gasteiger partial charge in [-0.15, -0.1) is 0 Å². The summed E-state index contributed by atoms with van der Waals surface area (Å²) >= 11 is 0. The Balaban J connectivity index is 2.13. The number of amides is 1. The maximum Gasteiger partial charge on any atom is 0.233 e. The van der Waals surface area contributed by atoms with Gasteiger partial charge in [0.2, 0.25) is 5.91 Å². The highest BCUT2D eigenvalue weighted by Gasteiger charge is 2.23. The second-order valence-electron chi connectivity index (χ2n) is 4.53. The molecule has 1 saturated carbocycles. The van der Waals surface area contributed by atoms with Crippen molar-refractivity contribution in [3.63, 3.8) is 0 Å². The van der Waals surface area contributed by atoms with Crippen LogP contribution in [0.5, 0.6) is 0 Å². The van der Waals surface area contributed by atoms with Crippen molar-refractivity contribution in [1.29, 1.82) is 0 Å². The maximum atomic E-state index is 10.9. The smallest absolute Gasteiger partial charge is 0.233 e. The molecule has 0 aliphatic heterocycles. The summed E-state index contributed by atoms with van der Waals surface area (Å²) in [4.78, 5) is 10.9. The number of ether oxygens (including phenoxy) is 1. The highest BCUT2D eigenvalue weighted by molar-refractivity contribution is 5.75. The number of nitrogens with one attached hydrogen (secondary N) is 1. The Morgan fingerprint density at radius 1 is 1.44 bits per heavy atom. The third-order valence-electron chi connectivity index (χ3n) is 3.40. The Hall–Kier alpha value is -0.610. The van der Waals surface area contributed by atoms with Crippen molar-refractivity contribution in [1.82, 2.24) is 5.43 Å². The average Bonchev–Trinajstić information content (AvgIpc) is 2.34. The van der Waals surface area contributed by atoms with Crippen molar-refractivity contribution in [3.05, 3.63) is 0 Å². The molecule has 94 valence electrons. The van der Waals surface area contributed by atoms with E-state index in [1.54, 1.807) is 0 Å². The molecule has 0 radical (unpaired) electrons. The maximum absolute atomic E-state index is 10.9. The van der Waals surface area contributed by atoms with Crippen LogP contribution in [0.4, 0.5) is 0 Å². The molecular weight excluding hydrogens is 204 g/mol. The quantitative estimate of drug-likeness (QED) is 0.315. The van der Waals surface area contributed by atoms with Crippen molar-refractivity contribution < 1.29 is 9.53 Å². The van der Waals surface area contributed by atoms with Crippen LogP contribution in [0.1, 0.15) is 51.9 Å². The molecule has 3 N–H and O–H groups in total. The molecule has 1 fully saturated rings. The second kappa shape index (κ2) is 7.63. The lowest BCUT2D eigenvalue weighted by Gasteiger charge is -2.30. The normalized spacial score (nSPS) is 25.4. The molecule has 1 amide bonds. The fourth-order valence-corrected chi connectivity index (χ4v) is 2.40. The van der Waals surface area contributed by atoms with Gasteiger partial charge in [0.25, 0.3) is 0 Å². The van der Waals surface area contributed by atoms with Crippen LogP contribution in [0, 0.1) is 5.92 Å². The lowest BCUT2D eigenvalue weighted by Crippen LogP contribution is -2.31. The van der Waals surface area contributed by atoms with E-state index in [0.29, 0.717) is 19.1 Å². The Morgan fingerprint density at radius 2 is 2.19 bits per heavy atom. The van der Waals surface area contributed by atoms with E-state index in [-0.39, 0.29) is 5.91 Å². The molecule has 1 rings (SSSR count). The van der Waals surface area contributed by atoms with Gasteiger partial charge in [-0.05, 0) is 25.2 Å². The van der Waals surface area contributed by atoms with E-state index in [1.165, 1.54) is 32.1 Å². The summed E-state index contributed by atoms with van der Waals surface area (Å²) in [6, 6.07) is 0. The summed E-state index contributed by atoms with van der Waals surface area (Å²) < 4.78 is 5.86. The molecule has 4 heteroatoms. The molecule has 0 spiro atoms. The van der Waals surface area contributed by atoms with Crippen LogP contribution >= 0.6 is 0 Å². The minimum atomic E-state index is -0.112.